The third-order valence-corrected chi connectivity index (χ3v) is 5.45. The lowest BCUT2D eigenvalue weighted by Gasteiger charge is -2.39. The highest BCUT2D eigenvalue weighted by Crippen LogP contribution is 2.40. The Balaban J connectivity index is 2.73. The van der Waals surface area contributed by atoms with Gasteiger partial charge in [0.25, 0.3) is 0 Å². The molecule has 2 atom stereocenters. The fraction of sp³-hybridized carbons (Fsp3) is 1.00. The second-order valence-electron chi connectivity index (χ2n) is 7.30. The Morgan fingerprint density at radius 1 is 1.15 bits per heavy atom. The summed E-state index contributed by atoms with van der Waals surface area (Å²) in [5.74, 6) is 0.866. The first kappa shape index (κ1) is 18.0. The van der Waals surface area contributed by atoms with Gasteiger partial charge in [-0.1, -0.05) is 54.4 Å². The van der Waals surface area contributed by atoms with Crippen LogP contribution < -0.4 is 5.32 Å². The van der Waals surface area contributed by atoms with Gasteiger partial charge < -0.3 is 5.32 Å². The summed E-state index contributed by atoms with van der Waals surface area (Å²) in [6, 6.07) is 1.40. The minimum atomic E-state index is 0.446. The Morgan fingerprint density at radius 3 is 2.30 bits per heavy atom. The molecule has 0 aliphatic heterocycles. The van der Waals surface area contributed by atoms with Crippen molar-refractivity contribution in [1.29, 1.82) is 0 Å². The summed E-state index contributed by atoms with van der Waals surface area (Å²) in [6.07, 6.45) is 6.59. The quantitative estimate of drug-likeness (QED) is 0.678. The Labute approximate surface area is 127 Å². The zero-order valence-corrected chi connectivity index (χ0v) is 14.8. The molecule has 0 aromatic carbocycles. The lowest BCUT2D eigenvalue weighted by Crippen LogP contribution is -2.52. The fourth-order valence-corrected chi connectivity index (χ4v) is 3.85. The predicted molar refractivity (Wildman–Crippen MR) is 90.2 cm³/mol. The molecule has 0 aromatic rings. The first-order valence-corrected chi connectivity index (χ1v) is 8.97. The van der Waals surface area contributed by atoms with Gasteiger partial charge in [0, 0.05) is 18.6 Å². The van der Waals surface area contributed by atoms with E-state index in [0.717, 1.165) is 18.5 Å². The zero-order valence-electron chi connectivity index (χ0n) is 14.8. The summed E-state index contributed by atoms with van der Waals surface area (Å²) in [5, 5.41) is 3.85. The molecule has 1 fully saturated rings. The van der Waals surface area contributed by atoms with Crippen LogP contribution in [0.4, 0.5) is 0 Å². The van der Waals surface area contributed by atoms with E-state index in [-0.39, 0.29) is 0 Å². The van der Waals surface area contributed by atoms with E-state index < -0.39 is 0 Å². The monoisotopic (exact) mass is 282 g/mol. The van der Waals surface area contributed by atoms with E-state index in [2.05, 4.69) is 51.8 Å². The number of likely N-dealkylation sites (N-methyl/N-ethyl adjacent to an activating group) is 1. The van der Waals surface area contributed by atoms with E-state index in [1.807, 2.05) is 0 Å². The van der Waals surface area contributed by atoms with Crippen molar-refractivity contribution in [3.63, 3.8) is 0 Å². The molecule has 2 nitrogen and oxygen atoms in total. The van der Waals surface area contributed by atoms with Crippen LogP contribution in [0.25, 0.3) is 0 Å². The van der Waals surface area contributed by atoms with Gasteiger partial charge in [-0.3, -0.25) is 4.90 Å². The third-order valence-electron chi connectivity index (χ3n) is 5.45. The number of nitrogens with one attached hydrogen (secondary N) is 1. The van der Waals surface area contributed by atoms with E-state index in [9.17, 15) is 0 Å². The molecular formula is C18H38N2. The summed E-state index contributed by atoms with van der Waals surface area (Å²) in [7, 11) is 0. The molecule has 2 heteroatoms. The van der Waals surface area contributed by atoms with Gasteiger partial charge in [-0.15, -0.1) is 0 Å². The molecule has 1 rings (SSSR count). The Hall–Kier alpha value is -0.0800. The third kappa shape index (κ3) is 4.46. The van der Waals surface area contributed by atoms with Crippen LogP contribution >= 0.6 is 0 Å². The highest BCUT2D eigenvalue weighted by Gasteiger charge is 2.43. The summed E-state index contributed by atoms with van der Waals surface area (Å²) < 4.78 is 0. The van der Waals surface area contributed by atoms with E-state index in [0.29, 0.717) is 11.5 Å². The molecule has 1 aliphatic rings. The maximum absolute atomic E-state index is 3.85. The van der Waals surface area contributed by atoms with Crippen LogP contribution in [-0.4, -0.2) is 36.6 Å². The van der Waals surface area contributed by atoms with Gasteiger partial charge in [-0.2, -0.15) is 0 Å². The van der Waals surface area contributed by atoms with Crippen LogP contribution in [-0.2, 0) is 0 Å². The largest absolute Gasteiger partial charge is 0.312 e. The average molecular weight is 283 g/mol. The van der Waals surface area contributed by atoms with Crippen molar-refractivity contribution in [2.75, 3.05) is 19.6 Å². The minimum absolute atomic E-state index is 0.446. The summed E-state index contributed by atoms with van der Waals surface area (Å²) in [6.45, 7) is 17.8. The molecule has 0 saturated heterocycles. The smallest absolute Gasteiger partial charge is 0.0274 e. The zero-order chi connectivity index (χ0) is 15.2. The average Bonchev–Trinajstić information content (AvgIpc) is 2.73. The lowest BCUT2D eigenvalue weighted by atomic mass is 9.86. The van der Waals surface area contributed by atoms with Gasteiger partial charge >= 0.3 is 0 Å². The highest BCUT2D eigenvalue weighted by molar-refractivity contribution is 5.01. The molecule has 120 valence electrons. The lowest BCUT2D eigenvalue weighted by molar-refractivity contribution is 0.128. The highest BCUT2D eigenvalue weighted by atomic mass is 15.2. The summed E-state index contributed by atoms with van der Waals surface area (Å²) >= 11 is 0. The maximum Gasteiger partial charge on any atom is 0.0274 e. The van der Waals surface area contributed by atoms with Crippen LogP contribution in [0.15, 0.2) is 0 Å². The van der Waals surface area contributed by atoms with E-state index in [1.54, 1.807) is 0 Å². The van der Waals surface area contributed by atoms with E-state index in [4.69, 9.17) is 0 Å². The minimum Gasteiger partial charge on any atom is -0.312 e. The van der Waals surface area contributed by atoms with Crippen molar-refractivity contribution in [3.8, 4) is 0 Å². The number of nitrogens with zero attached hydrogens (tertiary/aromatic N) is 1. The van der Waals surface area contributed by atoms with Gasteiger partial charge in [0.2, 0.25) is 0 Å². The van der Waals surface area contributed by atoms with Crippen LogP contribution in [0.2, 0.25) is 0 Å². The maximum atomic E-state index is 3.85. The first-order chi connectivity index (χ1) is 9.50. The Kier molecular flexibility index (Phi) is 7.53. The molecule has 0 radical (unpaired) electrons. The second-order valence-corrected chi connectivity index (χ2v) is 7.30. The number of hydrogen-bond donors (Lipinski definition) is 1. The Bertz CT molecular complexity index is 258. The molecule has 1 saturated carbocycles. The fourth-order valence-electron chi connectivity index (χ4n) is 3.85. The van der Waals surface area contributed by atoms with E-state index in [1.165, 1.54) is 45.2 Å². The molecule has 0 heterocycles. The van der Waals surface area contributed by atoms with Gasteiger partial charge in [0.05, 0.1) is 0 Å². The van der Waals surface area contributed by atoms with Gasteiger partial charge in [-0.05, 0) is 43.7 Å². The van der Waals surface area contributed by atoms with Gasteiger partial charge in [0.15, 0.2) is 0 Å². The number of hydrogen-bond acceptors (Lipinski definition) is 2. The molecule has 0 amide bonds. The predicted octanol–water partition coefficient (Wildman–Crippen LogP) is 4.30. The molecule has 0 aromatic heterocycles. The van der Waals surface area contributed by atoms with Crippen molar-refractivity contribution in [2.45, 2.75) is 85.7 Å². The SMILES string of the molecule is CCCNC1C(N(CC)CC(CC)CC)CCC1(C)C. The van der Waals surface area contributed by atoms with Gasteiger partial charge in [0.1, 0.15) is 0 Å². The standard InChI is InChI=1S/C18H38N2/c1-7-13-19-17-16(11-12-18(17,5)6)20(10-4)14-15(8-2)9-3/h15-17,19H,7-14H2,1-6H3. The summed E-state index contributed by atoms with van der Waals surface area (Å²) in [4.78, 5) is 2.76. The van der Waals surface area contributed by atoms with Gasteiger partial charge in [-0.25, -0.2) is 0 Å². The van der Waals surface area contributed by atoms with E-state index >= 15 is 0 Å². The van der Waals surface area contributed by atoms with Crippen molar-refractivity contribution in [3.05, 3.63) is 0 Å². The topological polar surface area (TPSA) is 15.3 Å². The molecule has 20 heavy (non-hydrogen) atoms. The molecular weight excluding hydrogens is 244 g/mol. The molecule has 2 unspecified atom stereocenters. The van der Waals surface area contributed by atoms with Crippen LogP contribution in [0.1, 0.15) is 73.6 Å². The van der Waals surface area contributed by atoms with Crippen LogP contribution in [0, 0.1) is 11.3 Å². The summed E-state index contributed by atoms with van der Waals surface area (Å²) in [5.41, 5.74) is 0.446. The Morgan fingerprint density at radius 2 is 1.80 bits per heavy atom. The van der Waals surface area contributed by atoms with Crippen molar-refractivity contribution in [1.82, 2.24) is 10.2 Å². The molecule has 1 aliphatic carbocycles. The second kappa shape index (κ2) is 8.38. The van der Waals surface area contributed by atoms with Crippen LogP contribution in [0.5, 0.6) is 0 Å². The number of rotatable bonds is 9. The molecule has 0 bridgehead atoms. The van der Waals surface area contributed by atoms with Crippen molar-refractivity contribution in [2.24, 2.45) is 11.3 Å². The normalized spacial score (nSPS) is 25.8. The first-order valence-electron chi connectivity index (χ1n) is 8.97. The van der Waals surface area contributed by atoms with Crippen molar-refractivity contribution >= 4 is 0 Å². The molecule has 0 spiro atoms. The molecule has 1 N–H and O–H groups in total. The van der Waals surface area contributed by atoms with Crippen LogP contribution in [0.3, 0.4) is 0 Å². The van der Waals surface area contributed by atoms with Crippen molar-refractivity contribution < 1.29 is 0 Å².